The molecule has 0 fully saturated rings. The average Bonchev–Trinajstić information content (AvgIpc) is 2.56. The van der Waals surface area contributed by atoms with Crippen LogP contribution >= 0.6 is 23.2 Å². The first-order valence-corrected chi connectivity index (χ1v) is 8.78. The normalized spacial score (nSPS) is 14.9. The Hall–Kier alpha value is -1.31. The number of aliphatic hydroxyl groups is 2. The van der Waals surface area contributed by atoms with Gasteiger partial charge < -0.3 is 14.9 Å². The highest BCUT2D eigenvalue weighted by Gasteiger charge is 2.26. The molecule has 3 unspecified atom stereocenters. The lowest BCUT2D eigenvalue weighted by atomic mass is 9.91. The van der Waals surface area contributed by atoms with Crippen LogP contribution < -0.4 is 0 Å². The van der Waals surface area contributed by atoms with Gasteiger partial charge in [0, 0.05) is 18.2 Å². The maximum Gasteiger partial charge on any atom is 0.181 e. The van der Waals surface area contributed by atoms with Gasteiger partial charge in [-0.15, -0.1) is 0 Å². The molecule has 0 spiro atoms. The molecule has 2 aromatic rings. The summed E-state index contributed by atoms with van der Waals surface area (Å²) in [7, 11) is 0. The summed E-state index contributed by atoms with van der Waals surface area (Å²) in [6.07, 6.45) is -2.38. The molecule has 0 amide bonds. The molecule has 0 bridgehead atoms. The number of rotatable bonds is 7. The lowest BCUT2D eigenvalue weighted by molar-refractivity contribution is -0.171. The maximum absolute atomic E-state index is 14.2. The molecular formula is C18H19Cl2F2NO3. The van der Waals surface area contributed by atoms with Gasteiger partial charge in [-0.05, 0) is 48.6 Å². The summed E-state index contributed by atoms with van der Waals surface area (Å²) in [4.78, 5) is 3.96. The summed E-state index contributed by atoms with van der Waals surface area (Å²) in [5, 5.41) is 20.1. The second-order valence-corrected chi connectivity index (χ2v) is 6.65. The van der Waals surface area contributed by atoms with E-state index in [0.29, 0.717) is 11.1 Å². The predicted molar refractivity (Wildman–Crippen MR) is 96.1 cm³/mol. The van der Waals surface area contributed by atoms with E-state index in [1.54, 1.807) is 13.8 Å². The number of hydrogen-bond acceptors (Lipinski definition) is 4. The van der Waals surface area contributed by atoms with Gasteiger partial charge in [-0.3, -0.25) is 0 Å². The van der Waals surface area contributed by atoms with Crippen LogP contribution in [-0.4, -0.2) is 34.2 Å². The van der Waals surface area contributed by atoms with Gasteiger partial charge in [0.2, 0.25) is 0 Å². The average molecular weight is 406 g/mol. The van der Waals surface area contributed by atoms with E-state index < -0.39 is 29.9 Å². The van der Waals surface area contributed by atoms with Crippen molar-refractivity contribution in [2.45, 2.75) is 32.7 Å². The molecule has 3 atom stereocenters. The van der Waals surface area contributed by atoms with Crippen LogP contribution in [0.2, 0.25) is 10.3 Å². The summed E-state index contributed by atoms with van der Waals surface area (Å²) in [6.45, 7) is 3.61. The molecule has 0 radical (unpaired) electrons. The largest absolute Gasteiger partial charge is 0.388 e. The van der Waals surface area contributed by atoms with Crippen LogP contribution in [0.5, 0.6) is 0 Å². The minimum absolute atomic E-state index is 0.0428. The van der Waals surface area contributed by atoms with Crippen molar-refractivity contribution in [2.24, 2.45) is 5.92 Å². The molecule has 0 aliphatic heterocycles. The van der Waals surface area contributed by atoms with Crippen molar-refractivity contribution >= 4 is 23.2 Å². The Morgan fingerprint density at radius 3 is 2.46 bits per heavy atom. The van der Waals surface area contributed by atoms with Crippen LogP contribution in [0.15, 0.2) is 24.3 Å². The van der Waals surface area contributed by atoms with Crippen LogP contribution in [-0.2, 0) is 11.2 Å². The van der Waals surface area contributed by atoms with Gasteiger partial charge in [-0.1, -0.05) is 30.1 Å². The van der Waals surface area contributed by atoms with Crippen LogP contribution in [0, 0.1) is 17.6 Å². The van der Waals surface area contributed by atoms with Crippen molar-refractivity contribution in [3.63, 3.8) is 0 Å². The van der Waals surface area contributed by atoms with Crippen molar-refractivity contribution in [1.29, 1.82) is 0 Å². The highest BCUT2D eigenvalue weighted by atomic mass is 35.5. The van der Waals surface area contributed by atoms with E-state index in [2.05, 4.69) is 4.98 Å². The summed E-state index contributed by atoms with van der Waals surface area (Å²) < 4.78 is 32.5. The molecule has 0 aliphatic carbocycles. The minimum atomic E-state index is -1.36. The number of nitrogens with zero attached hydrogens (tertiary/aromatic N) is 1. The van der Waals surface area contributed by atoms with Gasteiger partial charge in [0.25, 0.3) is 0 Å². The summed E-state index contributed by atoms with van der Waals surface area (Å²) in [6, 6.07) is 4.60. The van der Waals surface area contributed by atoms with Gasteiger partial charge >= 0.3 is 0 Å². The molecule has 2 N–H and O–H groups in total. The summed E-state index contributed by atoms with van der Waals surface area (Å²) >= 11 is 12.1. The van der Waals surface area contributed by atoms with E-state index in [1.807, 2.05) is 0 Å². The second-order valence-electron chi connectivity index (χ2n) is 5.90. The molecule has 8 heteroatoms. The highest BCUT2D eigenvalue weighted by molar-refractivity contribution is 6.33. The first-order chi connectivity index (χ1) is 12.2. The molecule has 142 valence electrons. The third-order valence-corrected chi connectivity index (χ3v) is 4.51. The number of hydrogen-bond donors (Lipinski definition) is 2. The first kappa shape index (κ1) is 21.0. The van der Waals surface area contributed by atoms with Crippen molar-refractivity contribution in [1.82, 2.24) is 4.98 Å². The fourth-order valence-corrected chi connectivity index (χ4v) is 3.15. The van der Waals surface area contributed by atoms with Crippen LogP contribution in [0.1, 0.15) is 19.4 Å². The van der Waals surface area contributed by atoms with Crippen LogP contribution in [0.25, 0.3) is 11.1 Å². The van der Waals surface area contributed by atoms with E-state index in [-0.39, 0.29) is 28.9 Å². The molecule has 1 aromatic heterocycles. The van der Waals surface area contributed by atoms with Gasteiger partial charge in [0.05, 0.1) is 0 Å². The molecule has 0 aliphatic rings. The Balaban J connectivity index is 2.42. The molecule has 26 heavy (non-hydrogen) atoms. The zero-order chi connectivity index (χ0) is 19.4. The Kier molecular flexibility index (Phi) is 7.32. The topological polar surface area (TPSA) is 62.6 Å². The molecule has 1 aromatic carbocycles. The van der Waals surface area contributed by atoms with Crippen LogP contribution in [0.4, 0.5) is 8.78 Å². The van der Waals surface area contributed by atoms with Crippen molar-refractivity contribution < 1.29 is 23.7 Å². The molecule has 2 rings (SSSR count). The molecular weight excluding hydrogens is 387 g/mol. The Labute approximate surface area is 160 Å². The summed E-state index contributed by atoms with van der Waals surface area (Å²) in [5.41, 5.74) is 0.883. The third-order valence-electron chi connectivity index (χ3n) is 4.00. The number of aliphatic hydroxyl groups excluding tert-OH is 2. The van der Waals surface area contributed by atoms with E-state index in [4.69, 9.17) is 27.9 Å². The van der Waals surface area contributed by atoms with E-state index in [1.165, 1.54) is 12.1 Å². The third kappa shape index (κ3) is 4.90. The number of pyridine rings is 1. The van der Waals surface area contributed by atoms with Gasteiger partial charge in [-0.2, -0.15) is 0 Å². The zero-order valence-corrected chi connectivity index (χ0v) is 15.7. The van der Waals surface area contributed by atoms with Crippen LogP contribution in [0.3, 0.4) is 0 Å². The lowest BCUT2D eigenvalue weighted by Crippen LogP contribution is -2.35. The Morgan fingerprint density at radius 1 is 1.15 bits per heavy atom. The quantitative estimate of drug-likeness (QED) is 0.534. The number of ether oxygens (including phenoxy) is 1. The SMILES string of the molecule is CCOC(O)C(O)C(C)Cc1c(-c2ccc(F)cc2F)cc(Cl)nc1Cl. The van der Waals surface area contributed by atoms with Crippen molar-refractivity contribution in [2.75, 3.05) is 6.61 Å². The smallest absolute Gasteiger partial charge is 0.181 e. The van der Waals surface area contributed by atoms with E-state index in [9.17, 15) is 19.0 Å². The number of aromatic nitrogens is 1. The molecule has 1 heterocycles. The van der Waals surface area contributed by atoms with E-state index in [0.717, 1.165) is 12.1 Å². The number of benzene rings is 1. The van der Waals surface area contributed by atoms with Gasteiger partial charge in [-0.25, -0.2) is 13.8 Å². The maximum atomic E-state index is 14.2. The predicted octanol–water partition coefficient (Wildman–Crippen LogP) is 4.23. The first-order valence-electron chi connectivity index (χ1n) is 8.02. The van der Waals surface area contributed by atoms with Crippen molar-refractivity contribution in [3.8, 4) is 11.1 Å². The second kappa shape index (κ2) is 9.06. The fourth-order valence-electron chi connectivity index (χ4n) is 2.65. The lowest BCUT2D eigenvalue weighted by Gasteiger charge is -2.24. The monoisotopic (exact) mass is 405 g/mol. The minimum Gasteiger partial charge on any atom is -0.388 e. The van der Waals surface area contributed by atoms with E-state index >= 15 is 0 Å². The standard InChI is InChI=1S/C18H19Cl2F2NO3/c1-3-26-18(25)16(24)9(2)6-13-12(8-15(19)23-17(13)20)11-5-4-10(21)7-14(11)22/h4-5,7-9,16,18,24-25H,3,6H2,1-2H3. The summed E-state index contributed by atoms with van der Waals surface area (Å²) in [5.74, 6) is -1.96. The Morgan fingerprint density at radius 2 is 1.85 bits per heavy atom. The molecule has 4 nitrogen and oxygen atoms in total. The van der Waals surface area contributed by atoms with Gasteiger partial charge in [0.15, 0.2) is 6.29 Å². The zero-order valence-electron chi connectivity index (χ0n) is 14.2. The molecule has 0 saturated heterocycles. The number of halogens is 4. The Bertz CT molecular complexity index is 776. The van der Waals surface area contributed by atoms with Crippen molar-refractivity contribution in [3.05, 3.63) is 51.8 Å². The highest BCUT2D eigenvalue weighted by Crippen LogP contribution is 2.34. The van der Waals surface area contributed by atoms with Gasteiger partial charge in [0.1, 0.15) is 28.0 Å². The molecule has 0 saturated carbocycles. The fraction of sp³-hybridized carbons (Fsp3) is 0.389.